The molecule has 1 saturated carbocycles. The number of carbonyl (C=O) groups excluding carboxylic acids is 2. The Hall–Kier alpha value is -2.82. The third-order valence-electron chi connectivity index (χ3n) is 4.48. The van der Waals surface area contributed by atoms with Crippen LogP contribution >= 0.6 is 0 Å². The minimum absolute atomic E-state index is 0.0872. The van der Waals surface area contributed by atoms with Crippen molar-refractivity contribution in [3.63, 3.8) is 0 Å². The largest absolute Gasteiger partial charge is 0.497 e. The highest BCUT2D eigenvalue weighted by atomic mass is 16.5. The van der Waals surface area contributed by atoms with Gasteiger partial charge in [-0.05, 0) is 48.7 Å². The van der Waals surface area contributed by atoms with Gasteiger partial charge in [0.25, 0.3) is 0 Å². The molecule has 0 heterocycles. The molecule has 2 N–H and O–H groups in total. The van der Waals surface area contributed by atoms with Gasteiger partial charge in [0, 0.05) is 11.4 Å². The van der Waals surface area contributed by atoms with E-state index in [-0.39, 0.29) is 23.7 Å². The van der Waals surface area contributed by atoms with E-state index in [2.05, 4.69) is 10.6 Å². The molecular formula is C20H22N2O3. The summed E-state index contributed by atoms with van der Waals surface area (Å²) >= 11 is 0. The summed E-state index contributed by atoms with van der Waals surface area (Å²) in [5, 5.41) is 5.80. The zero-order valence-electron chi connectivity index (χ0n) is 14.4. The van der Waals surface area contributed by atoms with Crippen LogP contribution in [-0.4, -0.2) is 18.9 Å². The first-order chi connectivity index (χ1) is 12.1. The van der Waals surface area contributed by atoms with Gasteiger partial charge in [-0.3, -0.25) is 9.59 Å². The molecular weight excluding hydrogens is 316 g/mol. The van der Waals surface area contributed by atoms with Gasteiger partial charge in [-0.15, -0.1) is 0 Å². The van der Waals surface area contributed by atoms with Crippen LogP contribution in [0, 0.1) is 11.8 Å². The van der Waals surface area contributed by atoms with Gasteiger partial charge in [0.05, 0.1) is 18.9 Å². The van der Waals surface area contributed by atoms with Crippen LogP contribution in [-0.2, 0) is 16.0 Å². The summed E-state index contributed by atoms with van der Waals surface area (Å²) < 4.78 is 5.09. The third-order valence-corrected chi connectivity index (χ3v) is 4.48. The normalized spacial score (nSPS) is 18.3. The van der Waals surface area contributed by atoms with E-state index in [1.165, 1.54) is 0 Å². The van der Waals surface area contributed by atoms with Gasteiger partial charge in [-0.2, -0.15) is 0 Å². The van der Waals surface area contributed by atoms with E-state index in [1.807, 2.05) is 31.2 Å². The SMILES string of the molecule is CCc1ccccc1NC(=O)C1CC1C(=O)Nc1ccc(OC)cc1. The minimum atomic E-state index is -0.268. The average Bonchev–Trinajstić information content (AvgIpc) is 3.44. The smallest absolute Gasteiger partial charge is 0.228 e. The predicted octanol–water partition coefficient (Wildman–Crippen LogP) is 3.47. The van der Waals surface area contributed by atoms with Crippen molar-refractivity contribution < 1.29 is 14.3 Å². The summed E-state index contributed by atoms with van der Waals surface area (Å²) in [5.74, 6) is 0.000176. The summed E-state index contributed by atoms with van der Waals surface area (Å²) in [6.07, 6.45) is 1.44. The molecule has 25 heavy (non-hydrogen) atoms. The van der Waals surface area contributed by atoms with Crippen LogP contribution in [0.25, 0.3) is 0 Å². The Morgan fingerprint density at radius 3 is 2.28 bits per heavy atom. The molecule has 2 amide bonds. The fraction of sp³-hybridized carbons (Fsp3) is 0.300. The molecule has 0 spiro atoms. The number of rotatable bonds is 6. The molecule has 0 saturated heterocycles. The van der Waals surface area contributed by atoms with E-state index in [4.69, 9.17) is 4.74 Å². The van der Waals surface area contributed by atoms with Crippen LogP contribution < -0.4 is 15.4 Å². The van der Waals surface area contributed by atoms with Gasteiger partial charge in [-0.1, -0.05) is 25.1 Å². The fourth-order valence-corrected chi connectivity index (χ4v) is 2.86. The van der Waals surface area contributed by atoms with Crippen molar-refractivity contribution in [1.29, 1.82) is 0 Å². The van der Waals surface area contributed by atoms with Crippen molar-refractivity contribution in [1.82, 2.24) is 0 Å². The Morgan fingerprint density at radius 1 is 1.00 bits per heavy atom. The molecule has 0 aliphatic heterocycles. The summed E-state index contributed by atoms with van der Waals surface area (Å²) in [7, 11) is 1.59. The second-order valence-corrected chi connectivity index (χ2v) is 6.17. The molecule has 0 bridgehead atoms. The molecule has 3 rings (SSSR count). The molecule has 5 heteroatoms. The van der Waals surface area contributed by atoms with E-state index < -0.39 is 0 Å². The van der Waals surface area contributed by atoms with Crippen molar-refractivity contribution in [3.8, 4) is 5.75 Å². The van der Waals surface area contributed by atoms with Gasteiger partial charge in [-0.25, -0.2) is 0 Å². The van der Waals surface area contributed by atoms with E-state index >= 15 is 0 Å². The molecule has 0 aromatic heterocycles. The number of carbonyl (C=O) groups is 2. The maximum absolute atomic E-state index is 12.4. The summed E-state index contributed by atoms with van der Waals surface area (Å²) in [6.45, 7) is 2.05. The van der Waals surface area contributed by atoms with Crippen molar-refractivity contribution >= 4 is 23.2 Å². The van der Waals surface area contributed by atoms with Crippen molar-refractivity contribution in [2.24, 2.45) is 11.8 Å². The zero-order chi connectivity index (χ0) is 17.8. The molecule has 5 nitrogen and oxygen atoms in total. The molecule has 2 aromatic carbocycles. The van der Waals surface area contributed by atoms with Gasteiger partial charge >= 0.3 is 0 Å². The predicted molar refractivity (Wildman–Crippen MR) is 97.7 cm³/mol. The molecule has 130 valence electrons. The van der Waals surface area contributed by atoms with Crippen LogP contribution in [0.4, 0.5) is 11.4 Å². The first-order valence-electron chi connectivity index (χ1n) is 8.46. The average molecular weight is 338 g/mol. The lowest BCUT2D eigenvalue weighted by Gasteiger charge is -2.10. The molecule has 2 aromatic rings. The Kier molecular flexibility index (Phi) is 5.03. The topological polar surface area (TPSA) is 67.4 Å². The monoisotopic (exact) mass is 338 g/mol. The maximum atomic E-state index is 12.4. The van der Waals surface area contributed by atoms with Gasteiger partial charge < -0.3 is 15.4 Å². The number of ether oxygens (including phenoxy) is 1. The van der Waals surface area contributed by atoms with Crippen molar-refractivity contribution in [2.45, 2.75) is 19.8 Å². The summed E-state index contributed by atoms with van der Waals surface area (Å²) in [5.41, 5.74) is 2.63. The Bertz CT molecular complexity index is 771. The van der Waals surface area contributed by atoms with Gasteiger partial charge in [0.1, 0.15) is 5.75 Å². The third kappa shape index (κ3) is 3.99. The number of nitrogens with one attached hydrogen (secondary N) is 2. The highest BCUT2D eigenvalue weighted by Crippen LogP contribution is 2.40. The maximum Gasteiger partial charge on any atom is 0.228 e. The lowest BCUT2D eigenvalue weighted by Crippen LogP contribution is -2.21. The fourth-order valence-electron chi connectivity index (χ4n) is 2.86. The number of para-hydroxylation sites is 1. The highest BCUT2D eigenvalue weighted by Gasteiger charge is 2.48. The van der Waals surface area contributed by atoms with Crippen LogP contribution in [0.5, 0.6) is 5.75 Å². The van der Waals surface area contributed by atoms with Crippen molar-refractivity contribution in [2.75, 3.05) is 17.7 Å². The molecule has 1 fully saturated rings. The zero-order valence-corrected chi connectivity index (χ0v) is 14.4. The second-order valence-electron chi connectivity index (χ2n) is 6.17. The minimum Gasteiger partial charge on any atom is -0.497 e. The Morgan fingerprint density at radius 2 is 1.64 bits per heavy atom. The van der Waals surface area contributed by atoms with Crippen LogP contribution in [0.2, 0.25) is 0 Å². The van der Waals surface area contributed by atoms with E-state index in [0.717, 1.165) is 23.4 Å². The summed E-state index contributed by atoms with van der Waals surface area (Å²) in [6, 6.07) is 14.9. The number of benzene rings is 2. The van der Waals surface area contributed by atoms with Gasteiger partial charge in [0.2, 0.25) is 11.8 Å². The van der Waals surface area contributed by atoms with Gasteiger partial charge in [0.15, 0.2) is 0 Å². The number of methoxy groups -OCH3 is 1. The van der Waals surface area contributed by atoms with Crippen molar-refractivity contribution in [3.05, 3.63) is 54.1 Å². The number of anilines is 2. The second kappa shape index (κ2) is 7.38. The summed E-state index contributed by atoms with van der Waals surface area (Å²) in [4.78, 5) is 24.7. The number of aryl methyl sites for hydroxylation is 1. The first-order valence-corrected chi connectivity index (χ1v) is 8.46. The lowest BCUT2D eigenvalue weighted by molar-refractivity contribution is -0.122. The molecule has 2 atom stereocenters. The van der Waals surface area contributed by atoms with E-state index in [9.17, 15) is 9.59 Å². The number of hydrogen-bond acceptors (Lipinski definition) is 3. The Labute approximate surface area is 147 Å². The molecule has 2 unspecified atom stereocenters. The van der Waals surface area contributed by atoms with Crippen LogP contribution in [0.3, 0.4) is 0 Å². The van der Waals surface area contributed by atoms with E-state index in [1.54, 1.807) is 31.4 Å². The van der Waals surface area contributed by atoms with Crippen LogP contribution in [0.15, 0.2) is 48.5 Å². The number of amides is 2. The molecule has 1 aliphatic carbocycles. The molecule has 0 radical (unpaired) electrons. The van der Waals surface area contributed by atoms with Crippen LogP contribution in [0.1, 0.15) is 18.9 Å². The molecule has 1 aliphatic rings. The standard InChI is InChI=1S/C20H22N2O3/c1-3-13-6-4-5-7-18(13)22-20(24)17-12-16(17)19(23)21-14-8-10-15(25-2)11-9-14/h4-11,16-17H,3,12H2,1-2H3,(H,21,23)(H,22,24). The first kappa shape index (κ1) is 17.0. The lowest BCUT2D eigenvalue weighted by atomic mass is 10.1. The Balaban J connectivity index is 1.56. The van der Waals surface area contributed by atoms with E-state index in [0.29, 0.717) is 12.1 Å². The quantitative estimate of drug-likeness (QED) is 0.847. The highest BCUT2D eigenvalue weighted by molar-refractivity contribution is 6.03. The number of hydrogen-bond donors (Lipinski definition) is 2.